The molecule has 0 aliphatic heterocycles. The lowest BCUT2D eigenvalue weighted by Gasteiger charge is -2.06. The normalized spacial score (nSPS) is 12.1. The smallest absolute Gasteiger partial charge is 0.305 e. The van der Waals surface area contributed by atoms with Gasteiger partial charge in [0.2, 0.25) is 0 Å². The summed E-state index contributed by atoms with van der Waals surface area (Å²) in [5.74, 6) is 0.548. The van der Waals surface area contributed by atoms with Crippen molar-refractivity contribution < 1.29 is 9.53 Å². The second-order valence-electron chi connectivity index (χ2n) is 8.06. The summed E-state index contributed by atoms with van der Waals surface area (Å²) in [7, 11) is 0. The van der Waals surface area contributed by atoms with Gasteiger partial charge in [-0.05, 0) is 50.9 Å². The van der Waals surface area contributed by atoms with Crippen molar-refractivity contribution in [2.24, 2.45) is 5.92 Å². The Hall–Kier alpha value is -1.31. The van der Waals surface area contributed by atoms with E-state index in [0.717, 1.165) is 32.1 Å². The highest BCUT2D eigenvalue weighted by Gasteiger charge is 2.04. The Bertz CT molecular complexity index is 418. The predicted octanol–water partition coefficient (Wildman–Crippen LogP) is 8.34. The lowest BCUT2D eigenvalue weighted by molar-refractivity contribution is -0.144. The number of hydrogen-bond acceptors (Lipinski definition) is 2. The van der Waals surface area contributed by atoms with Crippen LogP contribution in [-0.2, 0) is 9.53 Å². The minimum Gasteiger partial charge on any atom is -0.466 e. The Labute approximate surface area is 175 Å². The summed E-state index contributed by atoms with van der Waals surface area (Å²) < 4.78 is 5.27. The van der Waals surface area contributed by atoms with Gasteiger partial charge in [-0.25, -0.2) is 0 Å². The maximum absolute atomic E-state index is 11.5. The third-order valence-electron chi connectivity index (χ3n) is 4.73. The Morgan fingerprint density at radius 1 is 0.750 bits per heavy atom. The molecule has 2 heteroatoms. The van der Waals surface area contributed by atoms with E-state index in [2.05, 4.69) is 57.2 Å². The Morgan fingerprint density at radius 3 is 1.89 bits per heavy atom. The van der Waals surface area contributed by atoms with Gasteiger partial charge in [0.25, 0.3) is 0 Å². The number of ether oxygens (including phenoxy) is 1. The van der Waals surface area contributed by atoms with Gasteiger partial charge in [0, 0.05) is 6.42 Å². The molecule has 0 bridgehead atoms. The topological polar surface area (TPSA) is 26.3 Å². The van der Waals surface area contributed by atoms with Crippen molar-refractivity contribution in [2.75, 3.05) is 6.61 Å². The second kappa shape index (κ2) is 22.0. The summed E-state index contributed by atoms with van der Waals surface area (Å²) >= 11 is 0. The molecule has 0 saturated heterocycles. The average Bonchev–Trinajstić information content (AvgIpc) is 2.68. The van der Waals surface area contributed by atoms with Crippen LogP contribution in [0.15, 0.2) is 36.5 Å². The number of carbonyl (C=O) groups excluding carboxylic acids is 1. The summed E-state index contributed by atoms with van der Waals surface area (Å²) in [5, 5.41) is 0. The van der Waals surface area contributed by atoms with E-state index >= 15 is 0 Å². The molecule has 0 heterocycles. The highest BCUT2D eigenvalue weighted by molar-refractivity contribution is 5.69. The molecule has 0 aliphatic carbocycles. The van der Waals surface area contributed by atoms with Crippen LogP contribution in [0.1, 0.15) is 111 Å². The molecule has 0 radical (unpaired) electrons. The molecular weight excluding hydrogens is 344 g/mol. The van der Waals surface area contributed by atoms with Crippen LogP contribution in [-0.4, -0.2) is 12.6 Å². The molecule has 0 atom stereocenters. The van der Waals surface area contributed by atoms with E-state index in [4.69, 9.17) is 4.74 Å². The fraction of sp³-hybridized carbons (Fsp3) is 0.731. The summed E-state index contributed by atoms with van der Waals surface area (Å²) in [5.41, 5.74) is 0. The largest absolute Gasteiger partial charge is 0.466 e. The third-order valence-corrected chi connectivity index (χ3v) is 4.73. The number of hydrogen-bond donors (Lipinski definition) is 0. The fourth-order valence-corrected chi connectivity index (χ4v) is 2.92. The molecule has 0 saturated carbocycles. The van der Waals surface area contributed by atoms with E-state index in [1.54, 1.807) is 0 Å². The number of rotatable bonds is 19. The highest BCUT2D eigenvalue weighted by atomic mass is 16.5. The lowest BCUT2D eigenvalue weighted by atomic mass is 10.1. The summed E-state index contributed by atoms with van der Waals surface area (Å²) in [6, 6.07) is 0. The predicted molar refractivity (Wildman–Crippen MR) is 124 cm³/mol. The summed E-state index contributed by atoms with van der Waals surface area (Å²) in [4.78, 5) is 11.5. The Morgan fingerprint density at radius 2 is 1.29 bits per heavy atom. The number of allylic oxidation sites excluding steroid dienone is 6. The first kappa shape index (κ1) is 26.7. The lowest BCUT2D eigenvalue weighted by Crippen LogP contribution is -2.06. The molecule has 0 aromatic heterocycles. The molecule has 28 heavy (non-hydrogen) atoms. The summed E-state index contributed by atoms with van der Waals surface area (Å²) in [6.45, 7) is 7.04. The molecule has 2 nitrogen and oxygen atoms in total. The van der Waals surface area contributed by atoms with E-state index < -0.39 is 0 Å². The van der Waals surface area contributed by atoms with E-state index in [1.807, 2.05) is 0 Å². The van der Waals surface area contributed by atoms with Crippen molar-refractivity contribution in [3.05, 3.63) is 36.5 Å². The molecule has 0 aromatic rings. The quantitative estimate of drug-likeness (QED) is 0.126. The van der Waals surface area contributed by atoms with Gasteiger partial charge in [0.15, 0.2) is 0 Å². The maximum Gasteiger partial charge on any atom is 0.305 e. The van der Waals surface area contributed by atoms with Crippen LogP contribution in [0.3, 0.4) is 0 Å². The van der Waals surface area contributed by atoms with Crippen molar-refractivity contribution in [1.29, 1.82) is 0 Å². The molecule has 0 amide bonds. The van der Waals surface area contributed by atoms with Crippen molar-refractivity contribution >= 4 is 5.97 Å². The molecule has 0 fully saturated rings. The molecule has 0 aromatic carbocycles. The molecule has 0 spiro atoms. The zero-order chi connectivity index (χ0) is 20.7. The van der Waals surface area contributed by atoms with Crippen molar-refractivity contribution in [3.8, 4) is 0 Å². The zero-order valence-electron chi connectivity index (χ0n) is 19.0. The minimum atomic E-state index is -0.0251. The van der Waals surface area contributed by atoms with Gasteiger partial charge in [-0.3, -0.25) is 4.79 Å². The highest BCUT2D eigenvalue weighted by Crippen LogP contribution is 2.11. The van der Waals surface area contributed by atoms with Gasteiger partial charge in [-0.2, -0.15) is 0 Å². The Balaban J connectivity index is 3.24. The third kappa shape index (κ3) is 22.7. The van der Waals surface area contributed by atoms with E-state index in [0.29, 0.717) is 18.9 Å². The monoisotopic (exact) mass is 390 g/mol. The fourth-order valence-electron chi connectivity index (χ4n) is 2.92. The van der Waals surface area contributed by atoms with E-state index in [1.165, 1.54) is 51.4 Å². The zero-order valence-corrected chi connectivity index (χ0v) is 19.0. The SMILES string of the molecule is CC/C=C\C/C=C\C/C=C\CCCCCCCCCCOC(=O)CCC(C)C. The molecule has 162 valence electrons. The van der Waals surface area contributed by atoms with Crippen molar-refractivity contribution in [1.82, 2.24) is 0 Å². The molecule has 0 aliphatic rings. The first-order valence-corrected chi connectivity index (χ1v) is 11.8. The second-order valence-corrected chi connectivity index (χ2v) is 8.06. The minimum absolute atomic E-state index is 0.0251. The van der Waals surface area contributed by atoms with E-state index in [-0.39, 0.29) is 5.97 Å². The van der Waals surface area contributed by atoms with Crippen LogP contribution in [0, 0.1) is 5.92 Å². The number of carbonyl (C=O) groups is 1. The van der Waals surface area contributed by atoms with Crippen molar-refractivity contribution in [2.45, 2.75) is 111 Å². The van der Waals surface area contributed by atoms with Gasteiger partial charge in [0.05, 0.1) is 6.61 Å². The number of esters is 1. The molecular formula is C26H46O2. The van der Waals surface area contributed by atoms with Gasteiger partial charge >= 0.3 is 5.97 Å². The van der Waals surface area contributed by atoms with E-state index in [9.17, 15) is 4.79 Å². The number of unbranched alkanes of at least 4 members (excludes halogenated alkanes) is 8. The molecule has 0 rings (SSSR count). The van der Waals surface area contributed by atoms with Crippen LogP contribution in [0.25, 0.3) is 0 Å². The molecule has 0 unspecified atom stereocenters. The van der Waals surface area contributed by atoms with Crippen LogP contribution in [0.4, 0.5) is 0 Å². The van der Waals surface area contributed by atoms with Gasteiger partial charge in [0.1, 0.15) is 0 Å². The maximum atomic E-state index is 11.5. The standard InChI is InChI=1S/C26H46O2/c1-4-5-6-7-8-9-10-11-12-13-14-15-16-17-18-19-20-21-24-28-26(27)23-22-25(2)3/h5-6,8-9,11-12,25H,4,7,10,13-24H2,1-3H3/b6-5-,9-8-,12-11-. The van der Waals surface area contributed by atoms with Gasteiger partial charge in [-0.1, -0.05) is 95.8 Å². The van der Waals surface area contributed by atoms with Crippen LogP contribution in [0.2, 0.25) is 0 Å². The van der Waals surface area contributed by atoms with Crippen LogP contribution < -0.4 is 0 Å². The van der Waals surface area contributed by atoms with Crippen LogP contribution >= 0.6 is 0 Å². The van der Waals surface area contributed by atoms with Gasteiger partial charge in [-0.15, -0.1) is 0 Å². The summed E-state index contributed by atoms with van der Waals surface area (Å²) in [6.07, 6.45) is 29.6. The average molecular weight is 391 g/mol. The van der Waals surface area contributed by atoms with Crippen LogP contribution in [0.5, 0.6) is 0 Å². The molecule has 0 N–H and O–H groups in total. The van der Waals surface area contributed by atoms with Crippen molar-refractivity contribution in [3.63, 3.8) is 0 Å². The first-order valence-electron chi connectivity index (χ1n) is 11.8. The first-order chi connectivity index (χ1) is 13.7. The van der Waals surface area contributed by atoms with Gasteiger partial charge < -0.3 is 4.74 Å². The Kier molecular flexibility index (Phi) is 21.0.